The number of rotatable bonds is 6. The van der Waals surface area contributed by atoms with E-state index in [0.717, 1.165) is 27.9 Å². The molecule has 0 spiro atoms. The second kappa shape index (κ2) is 7.42. The van der Waals surface area contributed by atoms with Crippen LogP contribution in [0.25, 0.3) is 22.2 Å². The van der Waals surface area contributed by atoms with Crippen molar-refractivity contribution in [2.45, 2.75) is 11.8 Å². The Bertz CT molecular complexity index is 1100. The lowest BCUT2D eigenvalue weighted by atomic mass is 10.0. The number of carbonyl (C=O) groups excluding carboxylic acids is 1. The Labute approximate surface area is 161 Å². The van der Waals surface area contributed by atoms with Crippen LogP contribution in [0.1, 0.15) is 16.1 Å². The largest absolute Gasteiger partial charge is 0.390 e. The fourth-order valence-electron chi connectivity index (χ4n) is 3.16. The first-order valence-corrected chi connectivity index (χ1v) is 9.61. The summed E-state index contributed by atoms with van der Waals surface area (Å²) in [6, 6.07) is 17.8. The molecule has 0 amide bonds. The number of aliphatic hydroxyl groups excluding tert-OH is 1. The number of imidazole rings is 1. The maximum Gasteiger partial charge on any atom is 0.175 e. The third-order valence-corrected chi connectivity index (χ3v) is 5.63. The number of para-hydroxylation sites is 1. The topological polar surface area (TPSA) is 70.9 Å². The van der Waals surface area contributed by atoms with Crippen molar-refractivity contribution in [2.24, 2.45) is 7.05 Å². The van der Waals surface area contributed by atoms with Gasteiger partial charge in [0.2, 0.25) is 0 Å². The Morgan fingerprint density at radius 1 is 1.15 bits per heavy atom. The maximum absolute atomic E-state index is 13.1. The van der Waals surface area contributed by atoms with Gasteiger partial charge in [-0.15, -0.1) is 0 Å². The molecule has 4 rings (SSSR count). The second-order valence-electron chi connectivity index (χ2n) is 6.25. The highest BCUT2D eigenvalue weighted by atomic mass is 32.2. The summed E-state index contributed by atoms with van der Waals surface area (Å²) in [7, 11) is 1.84. The van der Waals surface area contributed by atoms with Crippen molar-refractivity contribution in [1.82, 2.24) is 14.5 Å². The number of aliphatic hydroxyl groups is 1. The van der Waals surface area contributed by atoms with Gasteiger partial charge in [0, 0.05) is 18.0 Å². The number of nitrogens with zero attached hydrogens (tertiary/aromatic N) is 2. The molecule has 0 atom stereocenters. The Hall–Kier alpha value is -2.83. The zero-order chi connectivity index (χ0) is 18.8. The van der Waals surface area contributed by atoms with Gasteiger partial charge in [-0.2, -0.15) is 0 Å². The Morgan fingerprint density at radius 2 is 1.89 bits per heavy atom. The van der Waals surface area contributed by atoms with Gasteiger partial charge in [-0.25, -0.2) is 4.98 Å². The number of aromatic nitrogens is 3. The molecule has 4 aromatic rings. The van der Waals surface area contributed by atoms with Crippen LogP contribution in [-0.2, 0) is 13.7 Å². The maximum atomic E-state index is 13.1. The average molecular weight is 377 g/mol. The number of ketones is 1. The van der Waals surface area contributed by atoms with Gasteiger partial charge < -0.3 is 14.7 Å². The van der Waals surface area contributed by atoms with E-state index < -0.39 is 0 Å². The number of nitrogens with one attached hydrogen (secondary N) is 1. The molecule has 0 aliphatic rings. The van der Waals surface area contributed by atoms with Gasteiger partial charge in [-0.1, -0.05) is 60.3 Å². The highest BCUT2D eigenvalue weighted by molar-refractivity contribution is 7.99. The molecule has 27 heavy (non-hydrogen) atoms. The van der Waals surface area contributed by atoms with Crippen molar-refractivity contribution >= 4 is 28.4 Å². The molecular weight excluding hydrogens is 358 g/mol. The molecule has 2 heterocycles. The van der Waals surface area contributed by atoms with E-state index in [1.807, 2.05) is 66.2 Å². The summed E-state index contributed by atoms with van der Waals surface area (Å²) in [6.45, 7) is -0.0708. The summed E-state index contributed by atoms with van der Waals surface area (Å²) in [5.74, 6) is 0.321. The number of fused-ring (bicyclic) bond motifs is 1. The minimum absolute atomic E-state index is 0.0462. The zero-order valence-corrected chi connectivity index (χ0v) is 15.7. The summed E-state index contributed by atoms with van der Waals surface area (Å²) in [5.41, 5.74) is 4.21. The third kappa shape index (κ3) is 3.29. The van der Waals surface area contributed by atoms with E-state index in [1.54, 1.807) is 6.20 Å². The van der Waals surface area contributed by atoms with E-state index in [4.69, 9.17) is 0 Å². The van der Waals surface area contributed by atoms with Crippen molar-refractivity contribution in [3.8, 4) is 11.3 Å². The van der Waals surface area contributed by atoms with Crippen molar-refractivity contribution in [3.63, 3.8) is 0 Å². The lowest BCUT2D eigenvalue weighted by Gasteiger charge is -2.06. The van der Waals surface area contributed by atoms with E-state index in [1.165, 1.54) is 11.8 Å². The average Bonchev–Trinajstić information content (AvgIpc) is 3.27. The first-order chi connectivity index (χ1) is 13.2. The minimum atomic E-state index is -0.0708. The molecule has 136 valence electrons. The van der Waals surface area contributed by atoms with E-state index in [9.17, 15) is 9.90 Å². The van der Waals surface area contributed by atoms with Crippen molar-refractivity contribution < 1.29 is 9.90 Å². The molecule has 0 aliphatic carbocycles. The molecule has 0 bridgehead atoms. The Morgan fingerprint density at radius 3 is 2.63 bits per heavy atom. The van der Waals surface area contributed by atoms with Gasteiger partial charge in [0.25, 0.3) is 0 Å². The summed E-state index contributed by atoms with van der Waals surface area (Å²) in [5, 5.41) is 10.9. The number of carbonyl (C=O) groups is 1. The van der Waals surface area contributed by atoms with Gasteiger partial charge in [0.05, 0.1) is 35.5 Å². The number of Topliss-reactive ketones (excluding diaryl/α,β-unsaturated/α-hetero) is 1. The SMILES string of the molecule is Cn1c(CO)cnc1SCC(=O)c1c(-c2ccccc2)[nH]c2ccccc12. The lowest BCUT2D eigenvalue weighted by Crippen LogP contribution is -2.05. The summed E-state index contributed by atoms with van der Waals surface area (Å²) in [4.78, 5) is 20.8. The van der Waals surface area contributed by atoms with Gasteiger partial charge in [0.1, 0.15) is 0 Å². The predicted octanol–water partition coefficient (Wildman–Crippen LogP) is 4.04. The van der Waals surface area contributed by atoms with Crippen LogP contribution in [-0.4, -0.2) is 31.2 Å². The summed E-state index contributed by atoms with van der Waals surface area (Å²) >= 11 is 1.38. The molecule has 0 fully saturated rings. The number of hydrogen-bond donors (Lipinski definition) is 2. The predicted molar refractivity (Wildman–Crippen MR) is 108 cm³/mol. The molecule has 0 saturated carbocycles. The van der Waals surface area contributed by atoms with Crippen molar-refractivity contribution in [1.29, 1.82) is 0 Å². The van der Waals surface area contributed by atoms with Crippen LogP contribution >= 0.6 is 11.8 Å². The molecule has 0 aliphatic heterocycles. The fourth-order valence-corrected chi connectivity index (χ4v) is 4.00. The van der Waals surface area contributed by atoms with Crippen LogP contribution in [0, 0.1) is 0 Å². The molecule has 2 aromatic heterocycles. The zero-order valence-electron chi connectivity index (χ0n) is 14.8. The Kier molecular flexibility index (Phi) is 4.83. The first-order valence-electron chi connectivity index (χ1n) is 8.62. The standard InChI is InChI=1S/C21H19N3O2S/c1-24-15(12-25)11-22-21(24)27-13-18(26)19-16-9-5-6-10-17(16)23-20(19)14-7-3-2-4-8-14/h2-11,23,25H,12-13H2,1H3. The van der Waals surface area contributed by atoms with Crippen LogP contribution in [0.4, 0.5) is 0 Å². The molecule has 6 heteroatoms. The van der Waals surface area contributed by atoms with Crippen LogP contribution in [0.15, 0.2) is 66.0 Å². The normalized spacial score (nSPS) is 11.2. The van der Waals surface area contributed by atoms with Crippen LogP contribution in [0.3, 0.4) is 0 Å². The van der Waals surface area contributed by atoms with Crippen molar-refractivity contribution in [3.05, 3.63) is 72.1 Å². The number of aromatic amines is 1. The van der Waals surface area contributed by atoms with E-state index in [2.05, 4.69) is 9.97 Å². The van der Waals surface area contributed by atoms with E-state index in [-0.39, 0.29) is 18.1 Å². The first kappa shape index (κ1) is 17.6. The minimum Gasteiger partial charge on any atom is -0.390 e. The quantitative estimate of drug-likeness (QED) is 0.393. The third-order valence-electron chi connectivity index (χ3n) is 4.58. The molecule has 0 unspecified atom stereocenters. The summed E-state index contributed by atoms with van der Waals surface area (Å²) in [6.07, 6.45) is 1.63. The van der Waals surface area contributed by atoms with E-state index in [0.29, 0.717) is 10.7 Å². The van der Waals surface area contributed by atoms with Gasteiger partial charge >= 0.3 is 0 Å². The van der Waals surface area contributed by atoms with E-state index >= 15 is 0 Å². The van der Waals surface area contributed by atoms with Crippen LogP contribution in [0.2, 0.25) is 0 Å². The van der Waals surface area contributed by atoms with Crippen LogP contribution < -0.4 is 0 Å². The molecule has 5 nitrogen and oxygen atoms in total. The van der Waals surface area contributed by atoms with Gasteiger partial charge in [0.15, 0.2) is 10.9 Å². The number of H-pyrrole nitrogens is 1. The monoisotopic (exact) mass is 377 g/mol. The lowest BCUT2D eigenvalue weighted by molar-refractivity contribution is 0.102. The molecular formula is C21H19N3O2S. The summed E-state index contributed by atoms with van der Waals surface area (Å²) < 4.78 is 1.81. The highest BCUT2D eigenvalue weighted by Gasteiger charge is 2.20. The number of hydrogen-bond acceptors (Lipinski definition) is 4. The number of benzene rings is 2. The van der Waals surface area contributed by atoms with Gasteiger partial charge in [-0.3, -0.25) is 4.79 Å². The smallest absolute Gasteiger partial charge is 0.175 e. The molecule has 2 N–H and O–H groups in total. The van der Waals surface area contributed by atoms with Crippen LogP contribution in [0.5, 0.6) is 0 Å². The molecule has 0 saturated heterocycles. The Balaban J connectivity index is 1.69. The fraction of sp³-hybridized carbons (Fsp3) is 0.143. The number of thioether (sulfide) groups is 1. The molecule has 0 radical (unpaired) electrons. The second-order valence-corrected chi connectivity index (χ2v) is 7.19. The van der Waals surface area contributed by atoms with Gasteiger partial charge in [-0.05, 0) is 11.6 Å². The highest BCUT2D eigenvalue weighted by Crippen LogP contribution is 2.32. The van der Waals surface area contributed by atoms with Crippen molar-refractivity contribution in [2.75, 3.05) is 5.75 Å². The molecule has 2 aromatic carbocycles.